The van der Waals surface area contributed by atoms with Crippen LogP contribution in [0.3, 0.4) is 0 Å². The van der Waals surface area contributed by atoms with Gasteiger partial charge in [0, 0.05) is 25.6 Å². The summed E-state index contributed by atoms with van der Waals surface area (Å²) in [5.74, 6) is 1.05. The van der Waals surface area contributed by atoms with Crippen molar-refractivity contribution in [1.82, 2.24) is 4.90 Å². The van der Waals surface area contributed by atoms with Crippen LogP contribution in [-0.4, -0.2) is 43.7 Å². The van der Waals surface area contributed by atoms with E-state index in [9.17, 15) is 4.79 Å². The average molecular weight is 200 g/mol. The molecule has 1 heterocycles. The van der Waals surface area contributed by atoms with Crippen molar-refractivity contribution in [3.63, 3.8) is 0 Å². The first-order valence-corrected chi connectivity index (χ1v) is 5.24. The molecule has 0 bridgehead atoms. The quantitative estimate of drug-likeness (QED) is 0.699. The van der Waals surface area contributed by atoms with Gasteiger partial charge < -0.3 is 15.4 Å². The number of nitrogens with two attached hydrogens (primary N) is 1. The number of nitrogens with zero attached hydrogens (tertiary/aromatic N) is 1. The topological polar surface area (TPSA) is 55.6 Å². The predicted molar refractivity (Wildman–Crippen MR) is 54.8 cm³/mol. The zero-order valence-electron chi connectivity index (χ0n) is 9.03. The third-order valence-electron chi connectivity index (χ3n) is 2.83. The van der Waals surface area contributed by atoms with Crippen molar-refractivity contribution in [1.29, 1.82) is 0 Å². The molecule has 1 saturated heterocycles. The molecule has 0 spiro atoms. The summed E-state index contributed by atoms with van der Waals surface area (Å²) in [5.41, 5.74) is 5.32. The van der Waals surface area contributed by atoms with Crippen LogP contribution in [0.15, 0.2) is 0 Å². The second-order valence-electron chi connectivity index (χ2n) is 3.90. The standard InChI is InChI=1S/C10H20N2O2/c1-3-14-7-9-6-12(5-8(9)2)10(13)4-11/h8-9H,3-7,11H2,1-2H3. The molecular weight excluding hydrogens is 180 g/mol. The van der Waals surface area contributed by atoms with Gasteiger partial charge in [-0.3, -0.25) is 4.79 Å². The Morgan fingerprint density at radius 2 is 2.29 bits per heavy atom. The lowest BCUT2D eigenvalue weighted by Crippen LogP contribution is -2.34. The van der Waals surface area contributed by atoms with Gasteiger partial charge in [-0.1, -0.05) is 6.92 Å². The van der Waals surface area contributed by atoms with Gasteiger partial charge in [0.1, 0.15) is 0 Å². The number of rotatable bonds is 4. The van der Waals surface area contributed by atoms with Crippen LogP contribution in [-0.2, 0) is 9.53 Å². The number of carbonyl (C=O) groups is 1. The molecule has 0 aromatic rings. The van der Waals surface area contributed by atoms with Gasteiger partial charge in [-0.15, -0.1) is 0 Å². The van der Waals surface area contributed by atoms with Crippen molar-refractivity contribution in [3.8, 4) is 0 Å². The van der Waals surface area contributed by atoms with Crippen molar-refractivity contribution in [3.05, 3.63) is 0 Å². The summed E-state index contributed by atoms with van der Waals surface area (Å²) >= 11 is 0. The van der Waals surface area contributed by atoms with E-state index >= 15 is 0 Å². The van der Waals surface area contributed by atoms with E-state index in [1.54, 1.807) is 0 Å². The Morgan fingerprint density at radius 1 is 1.57 bits per heavy atom. The highest BCUT2D eigenvalue weighted by Gasteiger charge is 2.31. The van der Waals surface area contributed by atoms with E-state index in [1.165, 1.54) is 0 Å². The molecular formula is C10H20N2O2. The van der Waals surface area contributed by atoms with Crippen molar-refractivity contribution in [2.75, 3.05) is 32.8 Å². The first-order chi connectivity index (χ1) is 6.69. The lowest BCUT2D eigenvalue weighted by molar-refractivity contribution is -0.128. The SMILES string of the molecule is CCOCC1CN(C(=O)CN)CC1C. The maximum Gasteiger partial charge on any atom is 0.236 e. The Hall–Kier alpha value is -0.610. The maximum absolute atomic E-state index is 11.3. The average Bonchev–Trinajstić information content (AvgIpc) is 2.56. The third kappa shape index (κ3) is 2.69. The minimum absolute atomic E-state index is 0.0517. The van der Waals surface area contributed by atoms with E-state index in [-0.39, 0.29) is 12.5 Å². The Morgan fingerprint density at radius 3 is 2.86 bits per heavy atom. The van der Waals surface area contributed by atoms with Crippen LogP contribution in [0.1, 0.15) is 13.8 Å². The highest BCUT2D eigenvalue weighted by molar-refractivity contribution is 5.78. The first-order valence-electron chi connectivity index (χ1n) is 5.24. The smallest absolute Gasteiger partial charge is 0.236 e. The summed E-state index contributed by atoms with van der Waals surface area (Å²) in [6, 6.07) is 0. The Bertz CT molecular complexity index is 197. The molecule has 1 aliphatic rings. The molecule has 2 N–H and O–H groups in total. The third-order valence-corrected chi connectivity index (χ3v) is 2.83. The van der Waals surface area contributed by atoms with Gasteiger partial charge in [-0.05, 0) is 12.8 Å². The first kappa shape index (κ1) is 11.5. The predicted octanol–water partition coefficient (Wildman–Crippen LogP) is 0.0761. The monoisotopic (exact) mass is 200 g/mol. The van der Waals surface area contributed by atoms with Crippen LogP contribution in [0.2, 0.25) is 0 Å². The Kier molecular flexibility index (Phi) is 4.35. The second-order valence-corrected chi connectivity index (χ2v) is 3.90. The van der Waals surface area contributed by atoms with Crippen LogP contribution in [0, 0.1) is 11.8 Å². The van der Waals surface area contributed by atoms with Crippen LogP contribution in [0.5, 0.6) is 0 Å². The van der Waals surface area contributed by atoms with Gasteiger partial charge in [0.2, 0.25) is 5.91 Å². The van der Waals surface area contributed by atoms with Crippen molar-refractivity contribution in [2.45, 2.75) is 13.8 Å². The number of hydrogen-bond acceptors (Lipinski definition) is 3. The van der Waals surface area contributed by atoms with Gasteiger partial charge >= 0.3 is 0 Å². The van der Waals surface area contributed by atoms with E-state index in [1.807, 2.05) is 11.8 Å². The van der Waals surface area contributed by atoms with E-state index in [2.05, 4.69) is 6.92 Å². The van der Waals surface area contributed by atoms with E-state index in [0.717, 1.165) is 26.3 Å². The van der Waals surface area contributed by atoms with Crippen LogP contribution in [0.25, 0.3) is 0 Å². The van der Waals surface area contributed by atoms with Gasteiger partial charge in [-0.2, -0.15) is 0 Å². The molecule has 0 aromatic heterocycles. The fraction of sp³-hybridized carbons (Fsp3) is 0.900. The molecule has 1 aliphatic heterocycles. The number of hydrogen-bond donors (Lipinski definition) is 1. The molecule has 82 valence electrons. The minimum Gasteiger partial charge on any atom is -0.381 e. The molecule has 2 unspecified atom stereocenters. The van der Waals surface area contributed by atoms with E-state index < -0.39 is 0 Å². The second kappa shape index (κ2) is 5.32. The Balaban J connectivity index is 2.39. The van der Waals surface area contributed by atoms with Crippen molar-refractivity contribution in [2.24, 2.45) is 17.6 Å². The molecule has 2 atom stereocenters. The summed E-state index contributed by atoms with van der Waals surface area (Å²) < 4.78 is 5.38. The van der Waals surface area contributed by atoms with Gasteiger partial charge in [0.15, 0.2) is 0 Å². The molecule has 1 fully saturated rings. The molecule has 4 nitrogen and oxygen atoms in total. The molecule has 4 heteroatoms. The summed E-state index contributed by atoms with van der Waals surface area (Å²) in [6.45, 7) is 7.40. The van der Waals surface area contributed by atoms with Crippen LogP contribution < -0.4 is 5.73 Å². The molecule has 14 heavy (non-hydrogen) atoms. The fourth-order valence-corrected chi connectivity index (χ4v) is 1.85. The maximum atomic E-state index is 11.3. The molecule has 0 aromatic carbocycles. The van der Waals surface area contributed by atoms with Crippen LogP contribution >= 0.6 is 0 Å². The molecule has 0 aliphatic carbocycles. The number of likely N-dealkylation sites (tertiary alicyclic amines) is 1. The number of carbonyl (C=O) groups excluding carboxylic acids is 1. The fourth-order valence-electron chi connectivity index (χ4n) is 1.85. The highest BCUT2D eigenvalue weighted by atomic mass is 16.5. The van der Waals surface area contributed by atoms with E-state index in [0.29, 0.717) is 11.8 Å². The summed E-state index contributed by atoms with van der Waals surface area (Å²) in [4.78, 5) is 13.2. The molecule has 0 saturated carbocycles. The van der Waals surface area contributed by atoms with Crippen LogP contribution in [0.4, 0.5) is 0 Å². The van der Waals surface area contributed by atoms with Gasteiger partial charge in [-0.25, -0.2) is 0 Å². The largest absolute Gasteiger partial charge is 0.381 e. The summed E-state index contributed by atoms with van der Waals surface area (Å²) in [5, 5.41) is 0. The number of ether oxygens (including phenoxy) is 1. The minimum atomic E-state index is 0.0517. The van der Waals surface area contributed by atoms with E-state index in [4.69, 9.17) is 10.5 Å². The zero-order valence-corrected chi connectivity index (χ0v) is 9.03. The summed E-state index contributed by atoms with van der Waals surface area (Å²) in [7, 11) is 0. The van der Waals surface area contributed by atoms with Crippen molar-refractivity contribution >= 4 is 5.91 Å². The lowest BCUT2D eigenvalue weighted by Gasteiger charge is -2.15. The lowest BCUT2D eigenvalue weighted by atomic mass is 9.99. The normalized spacial score (nSPS) is 26.9. The van der Waals surface area contributed by atoms with Gasteiger partial charge in [0.05, 0.1) is 13.2 Å². The highest BCUT2D eigenvalue weighted by Crippen LogP contribution is 2.22. The number of amides is 1. The molecule has 0 radical (unpaired) electrons. The molecule has 1 amide bonds. The van der Waals surface area contributed by atoms with Gasteiger partial charge in [0.25, 0.3) is 0 Å². The zero-order chi connectivity index (χ0) is 10.6. The summed E-state index contributed by atoms with van der Waals surface area (Å²) in [6.07, 6.45) is 0. The Labute approximate surface area is 85.4 Å². The molecule has 1 rings (SSSR count). The van der Waals surface area contributed by atoms with Crippen molar-refractivity contribution < 1.29 is 9.53 Å².